The summed E-state index contributed by atoms with van der Waals surface area (Å²) in [5.41, 5.74) is 29.7. The fraction of sp³-hybridized carbons (Fsp3) is 0.364. The standard InChI is InChI=1S/C44H48S/c1-21-22(2)28(8)38-37(27(21)7)39-29(9)23(3)25(5)31(11)41(39)44(42-32(12)26(6)24(4)30(10)40(38)42)17-18-45-36-19-33-15-16-43(13,14)34(33)20-35(36)44/h15-20H,1-14H3. The Bertz CT molecular complexity index is 2000. The molecule has 0 nitrogen and oxygen atoms in total. The average Bonchev–Trinajstić information content (AvgIpc) is 3.25. The molecule has 0 saturated carbocycles. The highest BCUT2D eigenvalue weighted by Crippen LogP contribution is 2.62. The summed E-state index contributed by atoms with van der Waals surface area (Å²) in [6.45, 7) is 33.2. The quantitative estimate of drug-likeness (QED) is 0.191. The second-order valence-corrected chi connectivity index (χ2v) is 15.9. The third-order valence-corrected chi connectivity index (χ3v) is 13.7. The number of hydrogen-bond donors (Lipinski definition) is 0. The molecule has 1 aliphatic heterocycles. The molecule has 0 N–H and O–H groups in total. The fourth-order valence-electron chi connectivity index (χ4n) is 9.12. The van der Waals surface area contributed by atoms with E-state index in [1.54, 1.807) is 0 Å². The molecule has 4 aromatic rings. The molecule has 45 heavy (non-hydrogen) atoms. The van der Waals surface area contributed by atoms with Crippen LogP contribution in [0.4, 0.5) is 0 Å². The second-order valence-electron chi connectivity index (χ2n) is 15.0. The Hall–Kier alpha value is -3.29. The van der Waals surface area contributed by atoms with Gasteiger partial charge in [0.2, 0.25) is 0 Å². The van der Waals surface area contributed by atoms with Gasteiger partial charge >= 0.3 is 0 Å². The molecule has 0 bridgehead atoms. The lowest BCUT2D eigenvalue weighted by Gasteiger charge is -2.42. The molecule has 7 rings (SSSR count). The third kappa shape index (κ3) is 3.63. The Morgan fingerprint density at radius 3 is 1.33 bits per heavy atom. The van der Waals surface area contributed by atoms with Gasteiger partial charge in [-0.25, -0.2) is 0 Å². The van der Waals surface area contributed by atoms with E-state index in [1.807, 2.05) is 11.8 Å². The van der Waals surface area contributed by atoms with E-state index < -0.39 is 5.41 Å². The minimum Gasteiger partial charge on any atom is -0.0980 e. The normalized spacial score (nSPS) is 16.3. The smallest absolute Gasteiger partial charge is 0.0668 e. The summed E-state index contributed by atoms with van der Waals surface area (Å²) in [4.78, 5) is 1.38. The Balaban J connectivity index is 1.86. The highest BCUT2D eigenvalue weighted by atomic mass is 32.2. The summed E-state index contributed by atoms with van der Waals surface area (Å²) < 4.78 is 0. The van der Waals surface area contributed by atoms with Gasteiger partial charge in [-0.3, -0.25) is 0 Å². The minimum absolute atomic E-state index is 0.000439. The molecular formula is C44H48S. The summed E-state index contributed by atoms with van der Waals surface area (Å²) >= 11 is 1.89. The van der Waals surface area contributed by atoms with Gasteiger partial charge in [0.1, 0.15) is 0 Å². The molecule has 1 heterocycles. The van der Waals surface area contributed by atoms with Crippen LogP contribution >= 0.6 is 11.8 Å². The van der Waals surface area contributed by atoms with E-state index in [-0.39, 0.29) is 5.41 Å². The Kier molecular flexibility index (Phi) is 6.49. The predicted molar refractivity (Wildman–Crippen MR) is 198 cm³/mol. The van der Waals surface area contributed by atoms with Crippen molar-refractivity contribution >= 4 is 17.8 Å². The Morgan fingerprint density at radius 2 is 0.867 bits per heavy atom. The first kappa shape index (κ1) is 30.4. The highest BCUT2D eigenvalue weighted by molar-refractivity contribution is 8.02. The monoisotopic (exact) mass is 608 g/mol. The van der Waals surface area contributed by atoms with Gasteiger partial charge in [0.25, 0.3) is 0 Å². The maximum atomic E-state index is 2.61. The first-order valence-electron chi connectivity index (χ1n) is 16.6. The maximum absolute atomic E-state index is 2.61. The maximum Gasteiger partial charge on any atom is 0.0668 e. The number of hydrogen-bond acceptors (Lipinski definition) is 1. The van der Waals surface area contributed by atoms with Crippen molar-refractivity contribution in [3.8, 4) is 22.3 Å². The molecule has 0 saturated heterocycles. The van der Waals surface area contributed by atoms with Crippen LogP contribution in [0.5, 0.6) is 0 Å². The van der Waals surface area contributed by atoms with Crippen molar-refractivity contribution in [2.75, 3.05) is 0 Å². The van der Waals surface area contributed by atoms with E-state index in [2.05, 4.69) is 133 Å². The molecule has 0 unspecified atom stereocenters. The zero-order chi connectivity index (χ0) is 32.7. The largest absolute Gasteiger partial charge is 0.0980 e. The van der Waals surface area contributed by atoms with Gasteiger partial charge in [0.15, 0.2) is 0 Å². The van der Waals surface area contributed by atoms with Crippen LogP contribution in [0.15, 0.2) is 34.6 Å². The molecule has 1 heteroatoms. The summed E-state index contributed by atoms with van der Waals surface area (Å²) in [6, 6.07) is 5.09. The van der Waals surface area contributed by atoms with Crippen molar-refractivity contribution in [3.05, 3.63) is 124 Å². The molecule has 230 valence electrons. The van der Waals surface area contributed by atoms with Crippen molar-refractivity contribution < 1.29 is 0 Å². The summed E-state index contributed by atoms with van der Waals surface area (Å²) in [6.07, 6.45) is 7.33. The number of fused-ring (bicyclic) bond motifs is 10. The zero-order valence-electron chi connectivity index (χ0n) is 29.9. The summed E-state index contributed by atoms with van der Waals surface area (Å²) in [7, 11) is 0. The lowest BCUT2D eigenvalue weighted by atomic mass is 9.62. The molecule has 4 aromatic carbocycles. The topological polar surface area (TPSA) is 0 Å². The minimum atomic E-state index is -0.431. The molecule has 0 amide bonds. The van der Waals surface area contributed by atoms with Gasteiger partial charge < -0.3 is 0 Å². The Labute approximate surface area is 276 Å². The summed E-state index contributed by atoms with van der Waals surface area (Å²) in [5, 5.41) is 2.41. The van der Waals surface area contributed by atoms with Gasteiger partial charge in [0, 0.05) is 10.3 Å². The van der Waals surface area contributed by atoms with Crippen LogP contribution in [0.3, 0.4) is 0 Å². The lowest BCUT2D eigenvalue weighted by Crippen LogP contribution is -2.33. The molecule has 0 fully saturated rings. The second kappa shape index (κ2) is 9.62. The van der Waals surface area contributed by atoms with Crippen LogP contribution in [0.2, 0.25) is 0 Å². The van der Waals surface area contributed by atoms with Gasteiger partial charge in [-0.05, 0) is 211 Å². The lowest BCUT2D eigenvalue weighted by molar-refractivity contribution is 0.672. The average molecular weight is 609 g/mol. The fourth-order valence-corrected chi connectivity index (χ4v) is 10.1. The van der Waals surface area contributed by atoms with E-state index >= 15 is 0 Å². The highest BCUT2D eigenvalue weighted by Gasteiger charge is 2.48. The van der Waals surface area contributed by atoms with Crippen molar-refractivity contribution in [2.45, 2.75) is 113 Å². The van der Waals surface area contributed by atoms with Crippen LogP contribution in [0, 0.1) is 83.1 Å². The van der Waals surface area contributed by atoms with Gasteiger partial charge in [-0.15, -0.1) is 0 Å². The summed E-state index contributed by atoms with van der Waals surface area (Å²) in [5.74, 6) is 0. The zero-order valence-corrected chi connectivity index (χ0v) is 30.7. The molecular weight excluding hydrogens is 561 g/mol. The van der Waals surface area contributed by atoms with E-state index in [1.165, 1.54) is 122 Å². The molecule has 0 radical (unpaired) electrons. The van der Waals surface area contributed by atoms with E-state index in [0.29, 0.717) is 0 Å². The van der Waals surface area contributed by atoms with Crippen LogP contribution < -0.4 is 0 Å². The Morgan fingerprint density at radius 1 is 0.444 bits per heavy atom. The molecule has 0 aromatic heterocycles. The number of rotatable bonds is 0. The number of benzene rings is 4. The van der Waals surface area contributed by atoms with Crippen LogP contribution in [0.1, 0.15) is 108 Å². The first-order chi connectivity index (χ1) is 21.1. The molecule has 2 aliphatic carbocycles. The third-order valence-electron chi connectivity index (χ3n) is 12.8. The first-order valence-corrected chi connectivity index (χ1v) is 17.5. The van der Waals surface area contributed by atoms with E-state index in [4.69, 9.17) is 0 Å². The van der Waals surface area contributed by atoms with E-state index in [0.717, 1.165) is 0 Å². The molecule has 1 spiro atoms. The van der Waals surface area contributed by atoms with Crippen LogP contribution in [-0.4, -0.2) is 0 Å². The predicted octanol–water partition coefficient (Wildman–Crippen LogP) is 12.3. The van der Waals surface area contributed by atoms with E-state index in [9.17, 15) is 0 Å². The van der Waals surface area contributed by atoms with Gasteiger partial charge in [-0.1, -0.05) is 49.9 Å². The van der Waals surface area contributed by atoms with Crippen molar-refractivity contribution in [3.63, 3.8) is 0 Å². The molecule has 0 atom stereocenters. The van der Waals surface area contributed by atoms with Gasteiger partial charge in [0.05, 0.1) is 5.41 Å². The van der Waals surface area contributed by atoms with Crippen LogP contribution in [0.25, 0.3) is 28.3 Å². The van der Waals surface area contributed by atoms with Crippen molar-refractivity contribution in [2.24, 2.45) is 0 Å². The molecule has 3 aliphatic rings. The van der Waals surface area contributed by atoms with Crippen molar-refractivity contribution in [1.29, 1.82) is 0 Å². The SMILES string of the molecule is Cc1c(C)c(C)c2c(c1C)-c1c(C)c(C)c(C)c(C)c1C1(C=CSc3cc4c(cc31)C(C)(C)C=C4)c1c(C)c(C)c(C)c(C)c1-2. The van der Waals surface area contributed by atoms with Crippen molar-refractivity contribution in [1.82, 2.24) is 0 Å². The number of thioether (sulfide) groups is 1. The van der Waals surface area contributed by atoms with Gasteiger partial charge in [-0.2, -0.15) is 0 Å². The number of allylic oxidation sites excluding steroid dienone is 2. The van der Waals surface area contributed by atoms with Crippen LogP contribution in [-0.2, 0) is 10.8 Å².